The van der Waals surface area contributed by atoms with Crippen LogP contribution < -0.4 is 0 Å². The molecule has 0 saturated carbocycles. The molecule has 5 nitrogen and oxygen atoms in total. The van der Waals surface area contributed by atoms with E-state index in [1.165, 1.54) is 11.1 Å². The molecule has 0 amide bonds. The van der Waals surface area contributed by atoms with Gasteiger partial charge in [0.25, 0.3) is 0 Å². The van der Waals surface area contributed by atoms with Gasteiger partial charge in [0.1, 0.15) is 0 Å². The van der Waals surface area contributed by atoms with Crippen LogP contribution in [0.2, 0.25) is 0 Å². The zero-order valence-electron chi connectivity index (χ0n) is 17.0. The Bertz CT molecular complexity index is 1090. The third-order valence-electron chi connectivity index (χ3n) is 5.32. The zero-order chi connectivity index (χ0) is 20.2. The lowest BCUT2D eigenvalue weighted by Gasteiger charge is -2.28. The van der Waals surface area contributed by atoms with E-state index in [9.17, 15) is 0 Å². The predicted octanol–water partition coefficient (Wildman–Crippen LogP) is 4.50. The number of hydrogen-bond acceptors (Lipinski definition) is 4. The van der Waals surface area contributed by atoms with E-state index in [-0.39, 0.29) is 6.04 Å². The Hall–Kier alpha value is -3.31. The number of para-hydroxylation sites is 1. The van der Waals surface area contributed by atoms with Gasteiger partial charge in [-0.05, 0) is 59.6 Å². The van der Waals surface area contributed by atoms with Crippen molar-refractivity contribution in [1.29, 1.82) is 0 Å². The zero-order valence-corrected chi connectivity index (χ0v) is 17.0. The monoisotopic (exact) mass is 383 g/mol. The molecular weight excluding hydrogens is 358 g/mol. The largest absolute Gasteiger partial charge is 0.288 e. The maximum atomic E-state index is 4.46. The molecule has 0 aliphatic heterocycles. The fraction of sp³-hybridized carbons (Fsp3) is 0.208. The second kappa shape index (κ2) is 8.37. The maximum Gasteiger partial charge on any atom is 0.178 e. The SMILES string of the molecule is Cc1ccccc1CN(C)[C@H](c1ccccc1)c1nnnn1-c1ccccc1C. The summed E-state index contributed by atoms with van der Waals surface area (Å²) in [5, 5.41) is 12.8. The van der Waals surface area contributed by atoms with Crippen molar-refractivity contribution in [2.75, 3.05) is 7.05 Å². The van der Waals surface area contributed by atoms with Gasteiger partial charge in [0.15, 0.2) is 5.82 Å². The van der Waals surface area contributed by atoms with Crippen LogP contribution in [0.3, 0.4) is 0 Å². The van der Waals surface area contributed by atoms with Crippen molar-refractivity contribution in [3.05, 3.63) is 107 Å². The highest BCUT2D eigenvalue weighted by atomic mass is 15.6. The third kappa shape index (κ3) is 3.96. The van der Waals surface area contributed by atoms with Crippen LogP contribution in [0.15, 0.2) is 78.9 Å². The van der Waals surface area contributed by atoms with Crippen molar-refractivity contribution in [3.63, 3.8) is 0 Å². The van der Waals surface area contributed by atoms with Crippen molar-refractivity contribution >= 4 is 0 Å². The van der Waals surface area contributed by atoms with Crippen LogP contribution in [-0.4, -0.2) is 32.2 Å². The molecule has 0 aliphatic carbocycles. The molecule has 5 heteroatoms. The number of aryl methyl sites for hydroxylation is 2. The van der Waals surface area contributed by atoms with E-state index in [4.69, 9.17) is 0 Å². The van der Waals surface area contributed by atoms with Crippen molar-refractivity contribution in [2.24, 2.45) is 0 Å². The van der Waals surface area contributed by atoms with Crippen LogP contribution in [0.25, 0.3) is 5.69 Å². The summed E-state index contributed by atoms with van der Waals surface area (Å²) >= 11 is 0. The van der Waals surface area contributed by atoms with Crippen molar-refractivity contribution < 1.29 is 0 Å². The molecule has 29 heavy (non-hydrogen) atoms. The van der Waals surface area contributed by atoms with Gasteiger partial charge in [-0.3, -0.25) is 4.90 Å². The van der Waals surface area contributed by atoms with Gasteiger partial charge < -0.3 is 0 Å². The van der Waals surface area contributed by atoms with Gasteiger partial charge in [-0.25, -0.2) is 0 Å². The van der Waals surface area contributed by atoms with Crippen LogP contribution in [-0.2, 0) is 6.54 Å². The highest BCUT2D eigenvalue weighted by Crippen LogP contribution is 2.29. The van der Waals surface area contributed by atoms with E-state index in [0.717, 1.165) is 29.2 Å². The minimum absolute atomic E-state index is 0.0783. The fourth-order valence-electron chi connectivity index (χ4n) is 3.72. The molecule has 0 spiro atoms. The quantitative estimate of drug-likeness (QED) is 0.492. The summed E-state index contributed by atoms with van der Waals surface area (Å²) in [5.41, 5.74) is 5.87. The first kappa shape index (κ1) is 19.0. The molecule has 4 aromatic rings. The molecule has 1 aromatic heterocycles. The van der Waals surface area contributed by atoms with E-state index in [0.29, 0.717) is 0 Å². The summed E-state index contributed by atoms with van der Waals surface area (Å²) in [6.45, 7) is 5.03. The maximum absolute atomic E-state index is 4.46. The molecule has 0 aliphatic rings. The first-order chi connectivity index (χ1) is 14.1. The molecule has 0 bridgehead atoms. The summed E-state index contributed by atoms with van der Waals surface area (Å²) in [4.78, 5) is 2.30. The third-order valence-corrected chi connectivity index (χ3v) is 5.32. The number of benzene rings is 3. The number of tetrazole rings is 1. The lowest BCUT2D eigenvalue weighted by Crippen LogP contribution is -2.28. The molecule has 146 valence electrons. The first-order valence-electron chi connectivity index (χ1n) is 9.79. The summed E-state index contributed by atoms with van der Waals surface area (Å²) in [5.74, 6) is 0.807. The molecule has 1 heterocycles. The molecular formula is C24H25N5. The summed E-state index contributed by atoms with van der Waals surface area (Å²) in [6.07, 6.45) is 0. The van der Waals surface area contributed by atoms with E-state index >= 15 is 0 Å². The second-order valence-electron chi connectivity index (χ2n) is 7.39. The number of aromatic nitrogens is 4. The summed E-state index contributed by atoms with van der Waals surface area (Å²) in [7, 11) is 2.13. The van der Waals surface area contributed by atoms with Gasteiger partial charge in [-0.2, -0.15) is 4.68 Å². The number of nitrogens with zero attached hydrogens (tertiary/aromatic N) is 5. The Kier molecular flexibility index (Phi) is 5.49. The van der Waals surface area contributed by atoms with Crippen molar-refractivity contribution in [2.45, 2.75) is 26.4 Å². The number of hydrogen-bond donors (Lipinski definition) is 0. The summed E-state index contributed by atoms with van der Waals surface area (Å²) < 4.78 is 1.86. The fourth-order valence-corrected chi connectivity index (χ4v) is 3.72. The van der Waals surface area contributed by atoms with Gasteiger partial charge in [-0.1, -0.05) is 72.8 Å². The first-order valence-corrected chi connectivity index (χ1v) is 9.79. The van der Waals surface area contributed by atoms with Gasteiger partial charge in [0.2, 0.25) is 0 Å². The Labute approximate surface area is 171 Å². The lowest BCUT2D eigenvalue weighted by atomic mass is 10.0. The van der Waals surface area contributed by atoms with Gasteiger partial charge in [-0.15, -0.1) is 5.10 Å². The Morgan fingerprint density at radius 1 is 0.828 bits per heavy atom. The van der Waals surface area contributed by atoms with Crippen LogP contribution in [0, 0.1) is 13.8 Å². The Morgan fingerprint density at radius 2 is 1.48 bits per heavy atom. The molecule has 0 unspecified atom stereocenters. The van der Waals surface area contributed by atoms with Crippen LogP contribution in [0.1, 0.15) is 34.1 Å². The van der Waals surface area contributed by atoms with Gasteiger partial charge >= 0.3 is 0 Å². The Balaban J connectivity index is 1.78. The smallest absolute Gasteiger partial charge is 0.178 e. The van der Waals surface area contributed by atoms with Gasteiger partial charge in [0.05, 0.1) is 11.7 Å². The van der Waals surface area contributed by atoms with E-state index in [1.807, 2.05) is 22.9 Å². The van der Waals surface area contributed by atoms with Crippen molar-refractivity contribution in [3.8, 4) is 5.69 Å². The van der Waals surface area contributed by atoms with E-state index < -0.39 is 0 Å². The standard InChI is InChI=1S/C24H25N5/c1-18-11-7-9-15-21(18)17-28(3)23(20-13-5-4-6-14-20)24-25-26-27-29(24)22-16-10-8-12-19(22)2/h4-16,23H,17H2,1-3H3/t23-/m1/s1. The van der Waals surface area contributed by atoms with Crippen molar-refractivity contribution in [1.82, 2.24) is 25.1 Å². The lowest BCUT2D eigenvalue weighted by molar-refractivity contribution is 0.258. The topological polar surface area (TPSA) is 46.8 Å². The van der Waals surface area contributed by atoms with Crippen LogP contribution in [0.4, 0.5) is 0 Å². The normalized spacial score (nSPS) is 12.3. The molecule has 0 N–H and O–H groups in total. The molecule has 4 rings (SSSR count). The molecule has 0 radical (unpaired) electrons. The number of rotatable bonds is 6. The van der Waals surface area contributed by atoms with Crippen LogP contribution >= 0.6 is 0 Å². The minimum Gasteiger partial charge on any atom is -0.288 e. The molecule has 0 fully saturated rings. The van der Waals surface area contributed by atoms with Gasteiger partial charge in [0, 0.05) is 6.54 Å². The minimum atomic E-state index is -0.0783. The average molecular weight is 383 g/mol. The average Bonchev–Trinajstić information content (AvgIpc) is 3.20. The molecule has 3 aromatic carbocycles. The van der Waals surface area contributed by atoms with E-state index in [1.54, 1.807) is 0 Å². The highest BCUT2D eigenvalue weighted by Gasteiger charge is 2.26. The molecule has 0 saturated heterocycles. The predicted molar refractivity (Wildman–Crippen MR) is 115 cm³/mol. The Morgan fingerprint density at radius 3 is 2.21 bits per heavy atom. The summed E-state index contributed by atoms with van der Waals surface area (Å²) in [6, 6.07) is 27.0. The second-order valence-corrected chi connectivity index (χ2v) is 7.39. The molecule has 1 atom stereocenters. The highest BCUT2D eigenvalue weighted by molar-refractivity contribution is 5.41. The van der Waals surface area contributed by atoms with E-state index in [2.05, 4.69) is 102 Å². The van der Waals surface area contributed by atoms with Crippen LogP contribution in [0.5, 0.6) is 0 Å².